The first-order valence-electron chi connectivity index (χ1n) is 12.5. The van der Waals surface area contributed by atoms with Crippen molar-refractivity contribution in [2.75, 3.05) is 24.5 Å². The standard InChI is InChI=1S/C29H34BrN3O5S/c1-6-31-29(35)22(4)32(18-23-10-8-7-9-21(23)3)28(34)19-33(24-13-11-20(2)12-14-24)39(36,37)25-15-16-27(38-5)26(30)17-25/h7-17,22H,6,18-19H2,1-5H3,(H,31,35)/t22-/m1/s1. The largest absolute Gasteiger partial charge is 0.496 e. The first-order chi connectivity index (χ1) is 18.5. The molecular formula is C29H34BrN3O5S. The quantitative estimate of drug-likeness (QED) is 0.333. The van der Waals surface area contributed by atoms with Crippen molar-refractivity contribution in [1.82, 2.24) is 10.2 Å². The minimum Gasteiger partial charge on any atom is -0.496 e. The number of rotatable bonds is 11. The van der Waals surface area contributed by atoms with E-state index in [0.29, 0.717) is 22.5 Å². The van der Waals surface area contributed by atoms with E-state index in [1.807, 2.05) is 38.1 Å². The summed E-state index contributed by atoms with van der Waals surface area (Å²) in [5.41, 5.74) is 3.11. The molecular weight excluding hydrogens is 582 g/mol. The fourth-order valence-electron chi connectivity index (χ4n) is 4.05. The molecule has 0 unspecified atom stereocenters. The summed E-state index contributed by atoms with van der Waals surface area (Å²) in [5, 5.41) is 2.76. The summed E-state index contributed by atoms with van der Waals surface area (Å²) in [4.78, 5) is 28.2. The number of carbonyl (C=O) groups excluding carboxylic acids is 2. The van der Waals surface area contributed by atoms with E-state index in [1.165, 1.54) is 24.1 Å². The van der Waals surface area contributed by atoms with Gasteiger partial charge in [0.2, 0.25) is 11.8 Å². The smallest absolute Gasteiger partial charge is 0.264 e. The number of aryl methyl sites for hydroxylation is 2. The van der Waals surface area contributed by atoms with Crippen molar-refractivity contribution in [1.29, 1.82) is 0 Å². The number of ether oxygens (including phenoxy) is 1. The molecule has 3 aromatic rings. The van der Waals surface area contributed by atoms with Crippen LogP contribution in [-0.4, -0.2) is 51.4 Å². The number of likely N-dealkylation sites (N-methyl/N-ethyl adjacent to an activating group) is 1. The zero-order valence-corrected chi connectivity index (χ0v) is 25.2. The Labute approximate surface area is 239 Å². The lowest BCUT2D eigenvalue weighted by atomic mass is 10.1. The van der Waals surface area contributed by atoms with E-state index >= 15 is 0 Å². The number of sulfonamides is 1. The monoisotopic (exact) mass is 615 g/mol. The molecule has 0 heterocycles. The molecule has 0 aromatic heterocycles. The van der Waals surface area contributed by atoms with Crippen molar-refractivity contribution < 1.29 is 22.7 Å². The van der Waals surface area contributed by atoms with Crippen LogP contribution in [0.15, 0.2) is 76.1 Å². The van der Waals surface area contributed by atoms with Gasteiger partial charge in [-0.25, -0.2) is 8.42 Å². The average molecular weight is 617 g/mol. The van der Waals surface area contributed by atoms with Gasteiger partial charge in [0.1, 0.15) is 18.3 Å². The Balaban J connectivity index is 2.06. The van der Waals surface area contributed by atoms with Gasteiger partial charge in [-0.05, 0) is 85.1 Å². The van der Waals surface area contributed by atoms with Crippen LogP contribution in [-0.2, 0) is 26.2 Å². The number of hydrogen-bond donors (Lipinski definition) is 1. The fourth-order valence-corrected chi connectivity index (χ4v) is 6.18. The maximum Gasteiger partial charge on any atom is 0.264 e. The van der Waals surface area contributed by atoms with E-state index in [1.54, 1.807) is 44.2 Å². The number of hydrogen-bond acceptors (Lipinski definition) is 5. The average Bonchev–Trinajstić information content (AvgIpc) is 2.91. The van der Waals surface area contributed by atoms with Gasteiger partial charge in [0.05, 0.1) is 22.2 Å². The van der Waals surface area contributed by atoms with E-state index in [9.17, 15) is 18.0 Å². The molecule has 0 aliphatic carbocycles. The van der Waals surface area contributed by atoms with Crippen LogP contribution in [0.1, 0.15) is 30.5 Å². The van der Waals surface area contributed by atoms with E-state index in [4.69, 9.17) is 4.74 Å². The zero-order valence-electron chi connectivity index (χ0n) is 22.8. The van der Waals surface area contributed by atoms with E-state index in [2.05, 4.69) is 21.2 Å². The van der Waals surface area contributed by atoms with Gasteiger partial charge in [-0.1, -0.05) is 42.0 Å². The van der Waals surface area contributed by atoms with Gasteiger partial charge in [-0.2, -0.15) is 0 Å². The molecule has 0 spiro atoms. The number of methoxy groups -OCH3 is 1. The van der Waals surface area contributed by atoms with Gasteiger partial charge >= 0.3 is 0 Å². The lowest BCUT2D eigenvalue weighted by Crippen LogP contribution is -2.51. The zero-order chi connectivity index (χ0) is 28.7. The van der Waals surface area contributed by atoms with E-state index in [0.717, 1.165) is 21.0 Å². The van der Waals surface area contributed by atoms with Crippen LogP contribution >= 0.6 is 15.9 Å². The topological polar surface area (TPSA) is 96.0 Å². The minimum absolute atomic E-state index is 0.00854. The van der Waals surface area contributed by atoms with Crippen molar-refractivity contribution in [2.24, 2.45) is 0 Å². The van der Waals surface area contributed by atoms with Crippen molar-refractivity contribution in [3.8, 4) is 5.75 Å². The molecule has 10 heteroatoms. The van der Waals surface area contributed by atoms with Gasteiger partial charge < -0.3 is 15.0 Å². The van der Waals surface area contributed by atoms with Crippen LogP contribution in [0.25, 0.3) is 0 Å². The molecule has 0 radical (unpaired) electrons. The lowest BCUT2D eigenvalue weighted by molar-refractivity contribution is -0.139. The molecule has 1 N–H and O–H groups in total. The van der Waals surface area contributed by atoms with Crippen molar-refractivity contribution in [3.63, 3.8) is 0 Å². The molecule has 0 saturated heterocycles. The summed E-state index contributed by atoms with van der Waals surface area (Å²) in [7, 11) is -2.69. The van der Waals surface area contributed by atoms with Gasteiger partial charge in [0, 0.05) is 13.1 Å². The summed E-state index contributed by atoms with van der Waals surface area (Å²) in [5.74, 6) is -0.343. The molecule has 0 saturated carbocycles. The maximum absolute atomic E-state index is 14.0. The van der Waals surface area contributed by atoms with Crippen molar-refractivity contribution >= 4 is 43.5 Å². The van der Waals surface area contributed by atoms with Gasteiger partial charge in [0.15, 0.2) is 0 Å². The molecule has 0 fully saturated rings. The summed E-state index contributed by atoms with van der Waals surface area (Å²) in [6.45, 7) is 7.34. The Morgan fingerprint density at radius 3 is 2.28 bits per heavy atom. The second-order valence-corrected chi connectivity index (χ2v) is 11.9. The minimum atomic E-state index is -4.18. The lowest BCUT2D eigenvalue weighted by Gasteiger charge is -2.32. The SMILES string of the molecule is CCNC(=O)[C@@H](C)N(Cc1ccccc1C)C(=O)CN(c1ccc(C)cc1)S(=O)(=O)c1ccc(OC)c(Br)c1. The molecule has 2 amide bonds. The van der Waals surface area contributed by atoms with Crippen LogP contribution in [0.4, 0.5) is 5.69 Å². The third-order valence-corrected chi connectivity index (χ3v) is 8.82. The highest BCUT2D eigenvalue weighted by molar-refractivity contribution is 9.10. The highest BCUT2D eigenvalue weighted by Gasteiger charge is 2.33. The molecule has 3 rings (SSSR count). The Hall–Kier alpha value is -3.37. The van der Waals surface area contributed by atoms with E-state index < -0.39 is 28.5 Å². The first kappa shape index (κ1) is 30.2. The van der Waals surface area contributed by atoms with Gasteiger partial charge in [0.25, 0.3) is 10.0 Å². The molecule has 208 valence electrons. The number of benzene rings is 3. The van der Waals surface area contributed by atoms with E-state index in [-0.39, 0.29) is 17.3 Å². The molecule has 1 atom stereocenters. The number of nitrogens with one attached hydrogen (secondary N) is 1. The number of amides is 2. The molecule has 3 aromatic carbocycles. The molecule has 0 aliphatic rings. The highest BCUT2D eigenvalue weighted by Crippen LogP contribution is 2.31. The van der Waals surface area contributed by atoms with Crippen molar-refractivity contribution in [2.45, 2.75) is 45.2 Å². The number of nitrogens with zero attached hydrogens (tertiary/aromatic N) is 2. The summed E-state index contributed by atoms with van der Waals surface area (Å²) >= 11 is 3.35. The second-order valence-electron chi connectivity index (χ2n) is 9.16. The number of carbonyl (C=O) groups is 2. The summed E-state index contributed by atoms with van der Waals surface area (Å²) < 4.78 is 34.7. The normalized spacial score (nSPS) is 11.9. The molecule has 0 aliphatic heterocycles. The van der Waals surface area contributed by atoms with Crippen LogP contribution in [0, 0.1) is 13.8 Å². The Kier molecular flexibility index (Phi) is 10.2. The maximum atomic E-state index is 14.0. The number of anilines is 1. The van der Waals surface area contributed by atoms with Crippen molar-refractivity contribution in [3.05, 3.63) is 87.9 Å². The first-order valence-corrected chi connectivity index (χ1v) is 14.8. The van der Waals surface area contributed by atoms with Crippen LogP contribution in [0.5, 0.6) is 5.75 Å². The Morgan fingerprint density at radius 2 is 1.69 bits per heavy atom. The summed E-state index contributed by atoms with van der Waals surface area (Å²) in [6, 6.07) is 18.1. The molecule has 0 bridgehead atoms. The van der Waals surface area contributed by atoms with Crippen LogP contribution in [0.3, 0.4) is 0 Å². The summed E-state index contributed by atoms with van der Waals surface area (Å²) in [6.07, 6.45) is 0. The Bertz CT molecular complexity index is 1430. The second kappa shape index (κ2) is 13.1. The highest BCUT2D eigenvalue weighted by atomic mass is 79.9. The molecule has 39 heavy (non-hydrogen) atoms. The van der Waals surface area contributed by atoms with Crippen LogP contribution < -0.4 is 14.4 Å². The predicted octanol–water partition coefficient (Wildman–Crippen LogP) is 4.82. The van der Waals surface area contributed by atoms with Gasteiger partial charge in [-0.15, -0.1) is 0 Å². The third kappa shape index (κ3) is 7.19. The Morgan fingerprint density at radius 1 is 1.03 bits per heavy atom. The third-order valence-electron chi connectivity index (χ3n) is 6.43. The molecule has 8 nitrogen and oxygen atoms in total. The van der Waals surface area contributed by atoms with Gasteiger partial charge in [-0.3, -0.25) is 13.9 Å². The van der Waals surface area contributed by atoms with Crippen LogP contribution in [0.2, 0.25) is 0 Å². The predicted molar refractivity (Wildman–Crippen MR) is 156 cm³/mol. The number of halogens is 1. The fraction of sp³-hybridized carbons (Fsp3) is 0.310.